The predicted octanol–water partition coefficient (Wildman–Crippen LogP) is 12.6. The number of para-hydroxylation sites is 2. The Kier molecular flexibility index (Phi) is 5.61. The van der Waals surface area contributed by atoms with E-state index in [2.05, 4.69) is 146 Å². The molecule has 47 heavy (non-hydrogen) atoms. The highest BCUT2D eigenvalue weighted by Crippen LogP contribution is 2.47. The van der Waals surface area contributed by atoms with E-state index in [9.17, 15) is 0 Å². The van der Waals surface area contributed by atoms with Gasteiger partial charge in [0, 0.05) is 16.3 Å². The number of rotatable bonds is 3. The van der Waals surface area contributed by atoms with Crippen molar-refractivity contribution < 1.29 is 4.42 Å². The first-order valence-corrected chi connectivity index (χ1v) is 16.1. The minimum Gasteiger partial charge on any atom is -0.438 e. The third-order valence-electron chi connectivity index (χ3n) is 9.65. The van der Waals surface area contributed by atoms with Crippen LogP contribution in [0.1, 0.15) is 0 Å². The number of aromatic nitrogens is 1. The molecular formula is C45H27NO. The first kappa shape index (κ1) is 26.0. The van der Waals surface area contributed by atoms with E-state index in [0.29, 0.717) is 5.71 Å². The molecular weight excluding hydrogens is 571 g/mol. The summed E-state index contributed by atoms with van der Waals surface area (Å²) in [7, 11) is 0. The Hall–Kier alpha value is -6.25. The molecule has 0 N–H and O–H groups in total. The largest absolute Gasteiger partial charge is 0.438 e. The van der Waals surface area contributed by atoms with Crippen LogP contribution in [0, 0.1) is 0 Å². The summed E-state index contributed by atoms with van der Waals surface area (Å²) in [6.07, 6.45) is 0. The lowest BCUT2D eigenvalue weighted by Crippen LogP contribution is -1.92. The second-order valence-corrected chi connectivity index (χ2v) is 12.2. The summed E-state index contributed by atoms with van der Waals surface area (Å²) in [5.74, 6) is 0. The molecule has 2 heterocycles. The molecule has 2 nitrogen and oxygen atoms in total. The van der Waals surface area contributed by atoms with Crippen LogP contribution in [0.3, 0.4) is 0 Å². The summed E-state index contributed by atoms with van der Waals surface area (Å²) in [6.45, 7) is 0. The van der Waals surface area contributed by atoms with Crippen molar-refractivity contribution in [1.82, 2.24) is 4.98 Å². The van der Waals surface area contributed by atoms with Gasteiger partial charge in [-0.15, -0.1) is 0 Å². The lowest BCUT2D eigenvalue weighted by molar-refractivity contribution is 0.656. The van der Waals surface area contributed by atoms with E-state index in [1.54, 1.807) is 0 Å². The number of nitrogens with zero attached hydrogens (tertiary/aromatic N) is 1. The van der Waals surface area contributed by atoms with Crippen LogP contribution in [0.25, 0.3) is 98.7 Å². The van der Waals surface area contributed by atoms with E-state index < -0.39 is 0 Å². The van der Waals surface area contributed by atoms with Gasteiger partial charge < -0.3 is 4.42 Å². The highest BCUT2D eigenvalue weighted by Gasteiger charge is 2.20. The van der Waals surface area contributed by atoms with Crippen LogP contribution in [0.2, 0.25) is 0 Å². The quantitative estimate of drug-likeness (QED) is 0.189. The van der Waals surface area contributed by atoms with Gasteiger partial charge in [-0.2, -0.15) is 0 Å². The number of fused-ring (bicyclic) bond motifs is 7. The average molecular weight is 598 g/mol. The molecule has 0 saturated heterocycles. The van der Waals surface area contributed by atoms with Crippen molar-refractivity contribution in [3.05, 3.63) is 164 Å². The molecule has 0 amide bonds. The van der Waals surface area contributed by atoms with Gasteiger partial charge in [0.25, 0.3) is 0 Å². The Labute approximate surface area is 271 Å². The fraction of sp³-hybridized carbons (Fsp3) is 0. The maximum atomic E-state index is 6.33. The molecule has 10 rings (SSSR count). The van der Waals surface area contributed by atoms with Gasteiger partial charge in [-0.3, -0.25) is 0 Å². The van der Waals surface area contributed by atoms with Crippen molar-refractivity contribution in [2.24, 2.45) is 0 Å². The molecule has 8 aromatic carbocycles. The van der Waals surface area contributed by atoms with Gasteiger partial charge in [0.2, 0.25) is 5.71 Å². The molecule has 0 fully saturated rings. The molecule has 0 aliphatic rings. The van der Waals surface area contributed by atoms with E-state index in [-0.39, 0.29) is 0 Å². The van der Waals surface area contributed by atoms with Gasteiger partial charge in [0.15, 0.2) is 0 Å². The molecule has 0 radical (unpaired) electrons. The standard InChI is InChI=1S/C45H27NO/c1-2-17-31-28(13-1)14-12-24-32(31)43-35-20-5-3-18-33(35)41(34-19-4-6-21-36(34)43)29-15-11-16-30(27-29)42-37-22-7-9-25-39(37)46-45-44(42)38-23-8-10-26-40(38)47-45/h1-27H. The van der Waals surface area contributed by atoms with E-state index in [4.69, 9.17) is 9.40 Å². The van der Waals surface area contributed by atoms with Crippen LogP contribution in [0.5, 0.6) is 0 Å². The second-order valence-electron chi connectivity index (χ2n) is 12.2. The second kappa shape index (κ2) is 10.1. The number of hydrogen-bond donors (Lipinski definition) is 0. The first-order valence-electron chi connectivity index (χ1n) is 16.1. The van der Waals surface area contributed by atoms with E-state index >= 15 is 0 Å². The molecule has 0 bridgehead atoms. The lowest BCUT2D eigenvalue weighted by Gasteiger charge is -2.19. The van der Waals surface area contributed by atoms with Crippen molar-refractivity contribution in [3.63, 3.8) is 0 Å². The Morgan fingerprint density at radius 3 is 1.66 bits per heavy atom. The van der Waals surface area contributed by atoms with Gasteiger partial charge in [0.1, 0.15) is 5.58 Å². The fourth-order valence-corrected chi connectivity index (χ4v) is 7.68. The number of pyridine rings is 1. The van der Waals surface area contributed by atoms with Crippen LogP contribution in [0.15, 0.2) is 168 Å². The molecule has 2 heteroatoms. The maximum absolute atomic E-state index is 6.33. The van der Waals surface area contributed by atoms with Crippen LogP contribution < -0.4 is 0 Å². The van der Waals surface area contributed by atoms with Crippen molar-refractivity contribution in [3.8, 4) is 33.4 Å². The summed E-state index contributed by atoms with van der Waals surface area (Å²) in [5.41, 5.74) is 9.70. The zero-order chi connectivity index (χ0) is 30.9. The summed E-state index contributed by atoms with van der Waals surface area (Å²) in [4.78, 5) is 4.96. The van der Waals surface area contributed by atoms with Crippen LogP contribution in [-0.4, -0.2) is 4.98 Å². The third-order valence-corrected chi connectivity index (χ3v) is 9.65. The smallest absolute Gasteiger partial charge is 0.228 e. The Balaban J connectivity index is 1.30. The minimum absolute atomic E-state index is 0.667. The normalized spacial score (nSPS) is 11.8. The highest BCUT2D eigenvalue weighted by atomic mass is 16.3. The number of benzene rings is 8. The Morgan fingerprint density at radius 1 is 0.383 bits per heavy atom. The van der Waals surface area contributed by atoms with Gasteiger partial charge in [0.05, 0.1) is 10.9 Å². The van der Waals surface area contributed by atoms with Crippen LogP contribution in [0.4, 0.5) is 0 Å². The fourth-order valence-electron chi connectivity index (χ4n) is 7.68. The van der Waals surface area contributed by atoms with Gasteiger partial charge >= 0.3 is 0 Å². The Morgan fingerprint density at radius 2 is 0.915 bits per heavy atom. The summed E-state index contributed by atoms with van der Waals surface area (Å²) in [6, 6.07) is 58.8. The molecule has 218 valence electrons. The number of furan rings is 1. The maximum Gasteiger partial charge on any atom is 0.228 e. The third kappa shape index (κ3) is 3.89. The monoisotopic (exact) mass is 597 g/mol. The zero-order valence-corrected chi connectivity index (χ0v) is 25.4. The van der Waals surface area contributed by atoms with E-state index in [1.165, 1.54) is 54.6 Å². The Bertz CT molecular complexity index is 2800. The molecule has 0 aliphatic carbocycles. The topological polar surface area (TPSA) is 26.0 Å². The first-order chi connectivity index (χ1) is 23.3. The number of hydrogen-bond acceptors (Lipinski definition) is 2. The van der Waals surface area contributed by atoms with Gasteiger partial charge in [-0.05, 0) is 78.3 Å². The SMILES string of the molecule is c1cc(-c2c3ccccc3c(-c3cccc4ccccc34)c3ccccc23)cc(-c2c3ccccc3nc3oc4ccccc4c23)c1. The van der Waals surface area contributed by atoms with Crippen molar-refractivity contribution in [2.75, 3.05) is 0 Å². The van der Waals surface area contributed by atoms with Crippen LogP contribution >= 0.6 is 0 Å². The minimum atomic E-state index is 0.667. The lowest BCUT2D eigenvalue weighted by atomic mass is 9.84. The molecule has 0 unspecified atom stereocenters. The van der Waals surface area contributed by atoms with Crippen molar-refractivity contribution in [2.45, 2.75) is 0 Å². The zero-order valence-electron chi connectivity index (χ0n) is 25.4. The van der Waals surface area contributed by atoms with Crippen LogP contribution in [-0.2, 0) is 0 Å². The molecule has 2 aromatic heterocycles. The molecule has 0 atom stereocenters. The van der Waals surface area contributed by atoms with Crippen molar-refractivity contribution in [1.29, 1.82) is 0 Å². The summed E-state index contributed by atoms with van der Waals surface area (Å²) >= 11 is 0. The summed E-state index contributed by atoms with van der Waals surface area (Å²) < 4.78 is 6.33. The average Bonchev–Trinajstić information content (AvgIpc) is 3.50. The van der Waals surface area contributed by atoms with Gasteiger partial charge in [-0.25, -0.2) is 4.98 Å². The molecule has 0 spiro atoms. The summed E-state index contributed by atoms with van der Waals surface area (Å²) in [5, 5.41) is 10.7. The van der Waals surface area contributed by atoms with E-state index in [0.717, 1.165) is 38.4 Å². The predicted molar refractivity (Wildman–Crippen MR) is 198 cm³/mol. The molecule has 10 aromatic rings. The van der Waals surface area contributed by atoms with Gasteiger partial charge in [-0.1, -0.05) is 146 Å². The highest BCUT2D eigenvalue weighted by molar-refractivity contribution is 6.24. The van der Waals surface area contributed by atoms with Crippen molar-refractivity contribution >= 4 is 65.3 Å². The van der Waals surface area contributed by atoms with E-state index in [1.807, 2.05) is 18.2 Å². The molecule has 0 aliphatic heterocycles. The molecule has 0 saturated carbocycles.